The zero-order valence-electron chi connectivity index (χ0n) is 19.6. The molecule has 4 aromatic rings. The Kier molecular flexibility index (Phi) is 5.81. The molecule has 5 heteroatoms. The maximum Gasteiger partial charge on any atom is 0.234 e. The number of oxazole rings is 1. The molecule has 1 aliphatic carbocycles. The molecule has 0 bridgehead atoms. The standard InChI is InChI=1S/C30H28N4O/c31-21-27-30(35-29(32-27)26-20-25(26)22-10-4-1-5-11-22)34-18-16-33(17-19-34)28(23-12-6-2-7-13-23)24-14-8-3-9-15-24/h1-15,25-26,28H,16-20H2/t25-,26-/m0/s1. The van der Waals surface area contributed by atoms with E-state index in [4.69, 9.17) is 4.42 Å². The van der Waals surface area contributed by atoms with Crippen molar-refractivity contribution >= 4 is 5.88 Å². The van der Waals surface area contributed by atoms with Gasteiger partial charge in [0.05, 0.1) is 6.04 Å². The summed E-state index contributed by atoms with van der Waals surface area (Å²) in [6.07, 6.45) is 1.03. The third-order valence-corrected chi connectivity index (χ3v) is 7.26. The number of aromatic nitrogens is 1. The van der Waals surface area contributed by atoms with Crippen molar-refractivity contribution in [2.45, 2.75) is 24.3 Å². The van der Waals surface area contributed by atoms with Crippen molar-refractivity contribution in [1.29, 1.82) is 5.26 Å². The zero-order valence-corrected chi connectivity index (χ0v) is 19.6. The average molecular weight is 461 g/mol. The molecule has 1 saturated carbocycles. The molecule has 0 amide bonds. The fraction of sp³-hybridized carbons (Fsp3) is 0.267. The van der Waals surface area contributed by atoms with Gasteiger partial charge in [-0.25, -0.2) is 4.98 Å². The highest BCUT2D eigenvalue weighted by Crippen LogP contribution is 2.54. The van der Waals surface area contributed by atoms with Gasteiger partial charge in [0.2, 0.25) is 17.5 Å². The van der Waals surface area contributed by atoms with Crippen LogP contribution in [-0.2, 0) is 0 Å². The molecule has 2 heterocycles. The Morgan fingerprint density at radius 3 is 1.91 bits per heavy atom. The van der Waals surface area contributed by atoms with Crippen LogP contribution in [0, 0.1) is 11.3 Å². The van der Waals surface area contributed by atoms with Crippen molar-refractivity contribution in [3.8, 4) is 6.07 Å². The fourth-order valence-electron chi connectivity index (χ4n) is 5.38. The normalized spacial score (nSPS) is 20.1. The molecule has 35 heavy (non-hydrogen) atoms. The van der Waals surface area contributed by atoms with E-state index in [1.165, 1.54) is 16.7 Å². The third-order valence-electron chi connectivity index (χ3n) is 7.26. The minimum Gasteiger partial charge on any atom is -0.423 e. The van der Waals surface area contributed by atoms with Gasteiger partial charge in [0.1, 0.15) is 6.07 Å². The van der Waals surface area contributed by atoms with Crippen LogP contribution < -0.4 is 4.90 Å². The first-order valence-electron chi connectivity index (χ1n) is 12.4. The minimum atomic E-state index is 0.207. The van der Waals surface area contributed by atoms with Gasteiger partial charge in [-0.05, 0) is 29.0 Å². The molecule has 0 spiro atoms. The van der Waals surface area contributed by atoms with Crippen LogP contribution >= 0.6 is 0 Å². The van der Waals surface area contributed by atoms with Crippen molar-refractivity contribution < 1.29 is 4.42 Å². The molecule has 1 saturated heterocycles. The maximum absolute atomic E-state index is 9.78. The number of anilines is 1. The van der Waals surface area contributed by atoms with Gasteiger partial charge in [-0.1, -0.05) is 91.0 Å². The summed E-state index contributed by atoms with van der Waals surface area (Å²) >= 11 is 0. The number of nitriles is 1. The second-order valence-electron chi connectivity index (χ2n) is 9.42. The quantitative estimate of drug-likeness (QED) is 0.368. The molecule has 0 radical (unpaired) electrons. The van der Waals surface area contributed by atoms with Crippen molar-refractivity contribution in [2.75, 3.05) is 31.1 Å². The summed E-state index contributed by atoms with van der Waals surface area (Å²) < 4.78 is 6.26. The van der Waals surface area contributed by atoms with E-state index < -0.39 is 0 Å². The highest BCUT2D eigenvalue weighted by molar-refractivity contribution is 5.49. The third kappa shape index (κ3) is 4.34. The number of benzene rings is 3. The molecule has 5 nitrogen and oxygen atoms in total. The molecule has 1 aromatic heterocycles. The van der Waals surface area contributed by atoms with E-state index in [0.717, 1.165) is 32.6 Å². The number of hydrogen-bond donors (Lipinski definition) is 0. The van der Waals surface area contributed by atoms with Crippen LogP contribution in [0.5, 0.6) is 0 Å². The lowest BCUT2D eigenvalue weighted by atomic mass is 9.96. The van der Waals surface area contributed by atoms with E-state index in [-0.39, 0.29) is 12.0 Å². The Morgan fingerprint density at radius 1 is 0.771 bits per heavy atom. The summed E-state index contributed by atoms with van der Waals surface area (Å²) in [7, 11) is 0. The van der Waals surface area contributed by atoms with E-state index in [2.05, 4.69) is 106 Å². The van der Waals surface area contributed by atoms with E-state index in [1.54, 1.807) is 0 Å². The molecule has 6 rings (SSSR count). The van der Waals surface area contributed by atoms with E-state index in [9.17, 15) is 5.26 Å². The fourth-order valence-corrected chi connectivity index (χ4v) is 5.38. The summed E-state index contributed by atoms with van der Waals surface area (Å²) in [5.41, 5.74) is 4.33. The molecule has 0 N–H and O–H groups in total. The van der Waals surface area contributed by atoms with Gasteiger partial charge < -0.3 is 9.32 Å². The highest BCUT2D eigenvalue weighted by Gasteiger charge is 2.44. The van der Waals surface area contributed by atoms with Crippen LogP contribution in [0.4, 0.5) is 5.88 Å². The van der Waals surface area contributed by atoms with Crippen LogP contribution in [0.1, 0.15) is 52.6 Å². The topological polar surface area (TPSA) is 56.3 Å². The second kappa shape index (κ2) is 9.40. The number of piperazine rings is 1. The average Bonchev–Trinajstić information content (AvgIpc) is 3.62. The highest BCUT2D eigenvalue weighted by atomic mass is 16.4. The predicted molar refractivity (Wildman–Crippen MR) is 136 cm³/mol. The zero-order chi connectivity index (χ0) is 23.6. The summed E-state index contributed by atoms with van der Waals surface area (Å²) in [6.45, 7) is 3.36. The van der Waals surface area contributed by atoms with Crippen molar-refractivity contribution in [3.05, 3.63) is 119 Å². The molecule has 2 atom stereocenters. The molecule has 0 unspecified atom stereocenters. The summed E-state index contributed by atoms with van der Waals surface area (Å²) in [6, 6.07) is 34.4. The molecule has 2 fully saturated rings. The largest absolute Gasteiger partial charge is 0.423 e. The predicted octanol–water partition coefficient (Wildman–Crippen LogP) is 5.73. The maximum atomic E-state index is 9.78. The molecule has 2 aliphatic rings. The van der Waals surface area contributed by atoms with Crippen molar-refractivity contribution in [2.24, 2.45) is 0 Å². The van der Waals surface area contributed by atoms with Gasteiger partial charge in [0.25, 0.3) is 0 Å². The molecule has 3 aromatic carbocycles. The SMILES string of the molecule is N#Cc1nc([C@H]2C[C@H]2c2ccccc2)oc1N1CCN(C(c2ccccc2)c2ccccc2)CC1. The Hall–Kier alpha value is -3.88. The van der Waals surface area contributed by atoms with Gasteiger partial charge >= 0.3 is 0 Å². The molecular formula is C30H28N4O. The monoisotopic (exact) mass is 460 g/mol. The van der Waals surface area contributed by atoms with Crippen LogP contribution in [0.3, 0.4) is 0 Å². The second-order valence-corrected chi connectivity index (χ2v) is 9.42. The summed E-state index contributed by atoms with van der Waals surface area (Å²) in [4.78, 5) is 9.33. The van der Waals surface area contributed by atoms with E-state index in [1.807, 2.05) is 6.07 Å². The Labute approximate surface area is 206 Å². The molecule has 174 valence electrons. The number of nitrogens with zero attached hydrogens (tertiary/aromatic N) is 4. The molecule has 1 aliphatic heterocycles. The summed E-state index contributed by atoms with van der Waals surface area (Å²) in [5, 5.41) is 9.78. The van der Waals surface area contributed by atoms with Gasteiger partial charge in [0.15, 0.2) is 0 Å². The Bertz CT molecular complexity index is 1270. The first-order chi connectivity index (χ1) is 17.3. The lowest BCUT2D eigenvalue weighted by Gasteiger charge is -2.39. The first-order valence-corrected chi connectivity index (χ1v) is 12.4. The smallest absolute Gasteiger partial charge is 0.234 e. The van der Waals surface area contributed by atoms with Crippen LogP contribution in [0.25, 0.3) is 0 Å². The van der Waals surface area contributed by atoms with Gasteiger partial charge in [-0.3, -0.25) is 4.90 Å². The number of hydrogen-bond acceptors (Lipinski definition) is 5. The number of rotatable bonds is 6. The van der Waals surface area contributed by atoms with Gasteiger partial charge in [0, 0.05) is 32.1 Å². The lowest BCUT2D eigenvalue weighted by Crippen LogP contribution is -2.48. The van der Waals surface area contributed by atoms with Gasteiger partial charge in [-0.15, -0.1) is 0 Å². The molecular weight excluding hydrogens is 432 g/mol. The lowest BCUT2D eigenvalue weighted by molar-refractivity contribution is 0.209. The Morgan fingerprint density at radius 2 is 1.34 bits per heavy atom. The van der Waals surface area contributed by atoms with Crippen molar-refractivity contribution in [1.82, 2.24) is 9.88 Å². The van der Waals surface area contributed by atoms with E-state index in [0.29, 0.717) is 23.4 Å². The van der Waals surface area contributed by atoms with Crippen LogP contribution in [0.15, 0.2) is 95.4 Å². The van der Waals surface area contributed by atoms with Crippen LogP contribution in [-0.4, -0.2) is 36.1 Å². The van der Waals surface area contributed by atoms with Crippen LogP contribution in [0.2, 0.25) is 0 Å². The van der Waals surface area contributed by atoms with Gasteiger partial charge in [-0.2, -0.15) is 5.26 Å². The minimum absolute atomic E-state index is 0.207. The van der Waals surface area contributed by atoms with E-state index >= 15 is 0 Å². The summed E-state index contributed by atoms with van der Waals surface area (Å²) in [5.74, 6) is 2.04. The first kappa shape index (κ1) is 21.6. The van der Waals surface area contributed by atoms with Crippen molar-refractivity contribution in [3.63, 3.8) is 0 Å². The Balaban J connectivity index is 1.19.